The van der Waals surface area contributed by atoms with Gasteiger partial charge in [0.15, 0.2) is 0 Å². The highest BCUT2D eigenvalue weighted by atomic mass is 16.3. The summed E-state index contributed by atoms with van der Waals surface area (Å²) in [6.07, 6.45) is 2.98. The Bertz CT molecular complexity index is 297. The lowest BCUT2D eigenvalue weighted by Gasteiger charge is -2.30. The first kappa shape index (κ1) is 15.3. The van der Waals surface area contributed by atoms with Crippen molar-refractivity contribution in [1.29, 1.82) is 0 Å². The Labute approximate surface area is 112 Å². The van der Waals surface area contributed by atoms with E-state index < -0.39 is 0 Å². The highest BCUT2D eigenvalue weighted by Gasteiger charge is 2.14. The molecule has 0 saturated carbocycles. The smallest absolute Gasteiger partial charge is 0.117 e. The molecule has 0 aliphatic heterocycles. The summed E-state index contributed by atoms with van der Waals surface area (Å²) in [5.74, 6) is 1.78. The molecule has 0 aromatic carbocycles. The zero-order chi connectivity index (χ0) is 13.4. The fraction of sp³-hybridized carbons (Fsp3) is 0.733. The molecule has 1 rings (SSSR count). The lowest BCUT2D eigenvalue weighted by molar-refractivity contribution is 0.184. The first-order valence-corrected chi connectivity index (χ1v) is 7.14. The molecule has 3 nitrogen and oxygen atoms in total. The van der Waals surface area contributed by atoms with Crippen molar-refractivity contribution in [3.05, 3.63) is 24.2 Å². The van der Waals surface area contributed by atoms with Crippen molar-refractivity contribution in [1.82, 2.24) is 10.2 Å². The number of nitrogens with one attached hydrogen (secondary N) is 1. The Balaban J connectivity index is 2.26. The zero-order valence-electron chi connectivity index (χ0n) is 12.3. The van der Waals surface area contributed by atoms with Gasteiger partial charge in [-0.3, -0.25) is 4.90 Å². The van der Waals surface area contributed by atoms with Gasteiger partial charge in [0.05, 0.1) is 12.8 Å². The molecule has 1 heterocycles. The maximum absolute atomic E-state index is 5.31. The van der Waals surface area contributed by atoms with Crippen molar-refractivity contribution >= 4 is 0 Å². The van der Waals surface area contributed by atoms with Gasteiger partial charge in [-0.15, -0.1) is 0 Å². The Morgan fingerprint density at radius 1 is 1.33 bits per heavy atom. The molecule has 0 spiro atoms. The van der Waals surface area contributed by atoms with Gasteiger partial charge in [-0.2, -0.15) is 0 Å². The summed E-state index contributed by atoms with van der Waals surface area (Å²) < 4.78 is 5.31. The summed E-state index contributed by atoms with van der Waals surface area (Å²) in [5, 5.41) is 3.46. The minimum atomic E-state index is 0.568. The molecule has 0 amide bonds. The van der Waals surface area contributed by atoms with Crippen LogP contribution in [0.25, 0.3) is 0 Å². The molecule has 0 aliphatic carbocycles. The van der Waals surface area contributed by atoms with Gasteiger partial charge in [-0.1, -0.05) is 27.2 Å². The summed E-state index contributed by atoms with van der Waals surface area (Å²) in [7, 11) is 0. The predicted molar refractivity (Wildman–Crippen MR) is 76.6 cm³/mol. The number of nitrogens with zero attached hydrogens (tertiary/aromatic N) is 1. The van der Waals surface area contributed by atoms with Crippen LogP contribution in [0.2, 0.25) is 0 Å². The summed E-state index contributed by atoms with van der Waals surface area (Å²) in [4.78, 5) is 2.54. The van der Waals surface area contributed by atoms with Crippen molar-refractivity contribution in [3.8, 4) is 0 Å². The molecule has 2 atom stereocenters. The Hall–Kier alpha value is -0.800. The fourth-order valence-electron chi connectivity index (χ4n) is 2.10. The molecule has 3 heteroatoms. The molecule has 0 fully saturated rings. The Morgan fingerprint density at radius 2 is 2.11 bits per heavy atom. The molecule has 1 aromatic heterocycles. The standard InChI is InChI=1S/C15H28N2O/c1-5-13(3)12-17(6-2)14(4)10-16-11-15-8-7-9-18-15/h7-9,13-14,16H,5-6,10-12H2,1-4H3. The van der Waals surface area contributed by atoms with E-state index >= 15 is 0 Å². The molecule has 0 bridgehead atoms. The van der Waals surface area contributed by atoms with E-state index in [0.29, 0.717) is 6.04 Å². The second kappa shape index (κ2) is 8.33. The van der Waals surface area contributed by atoms with Crippen molar-refractivity contribution in [2.75, 3.05) is 19.6 Å². The maximum Gasteiger partial charge on any atom is 0.117 e. The second-order valence-electron chi connectivity index (χ2n) is 5.16. The molecule has 18 heavy (non-hydrogen) atoms. The third-order valence-electron chi connectivity index (χ3n) is 3.59. The van der Waals surface area contributed by atoms with Crippen molar-refractivity contribution in [2.45, 2.75) is 46.7 Å². The third-order valence-corrected chi connectivity index (χ3v) is 3.59. The summed E-state index contributed by atoms with van der Waals surface area (Å²) >= 11 is 0. The molecule has 0 radical (unpaired) electrons. The van der Waals surface area contributed by atoms with Gasteiger partial charge in [-0.25, -0.2) is 0 Å². The van der Waals surface area contributed by atoms with E-state index in [2.05, 4.69) is 37.9 Å². The van der Waals surface area contributed by atoms with Crippen LogP contribution in [0, 0.1) is 5.92 Å². The van der Waals surface area contributed by atoms with Crippen LogP contribution in [0.4, 0.5) is 0 Å². The first-order valence-electron chi connectivity index (χ1n) is 7.14. The van der Waals surface area contributed by atoms with Gasteiger partial charge in [0.2, 0.25) is 0 Å². The highest BCUT2D eigenvalue weighted by molar-refractivity contribution is 4.97. The van der Waals surface area contributed by atoms with Gasteiger partial charge in [0.1, 0.15) is 5.76 Å². The van der Waals surface area contributed by atoms with Gasteiger partial charge in [-0.05, 0) is 31.5 Å². The van der Waals surface area contributed by atoms with E-state index in [1.807, 2.05) is 12.1 Å². The van der Waals surface area contributed by atoms with Crippen LogP contribution in [0.15, 0.2) is 22.8 Å². The van der Waals surface area contributed by atoms with Gasteiger partial charge >= 0.3 is 0 Å². The molecule has 2 unspecified atom stereocenters. The average Bonchev–Trinajstić information content (AvgIpc) is 2.88. The van der Waals surface area contributed by atoms with Crippen LogP contribution in [0.5, 0.6) is 0 Å². The Morgan fingerprint density at radius 3 is 2.67 bits per heavy atom. The monoisotopic (exact) mass is 252 g/mol. The van der Waals surface area contributed by atoms with E-state index in [-0.39, 0.29) is 0 Å². The SMILES string of the molecule is CCC(C)CN(CC)C(C)CNCc1ccco1. The lowest BCUT2D eigenvalue weighted by Crippen LogP contribution is -2.42. The topological polar surface area (TPSA) is 28.4 Å². The van der Waals surface area contributed by atoms with E-state index in [1.54, 1.807) is 6.26 Å². The van der Waals surface area contributed by atoms with Gasteiger partial charge in [0, 0.05) is 19.1 Å². The summed E-state index contributed by atoms with van der Waals surface area (Å²) in [6, 6.07) is 4.51. The molecule has 1 aromatic rings. The minimum Gasteiger partial charge on any atom is -0.468 e. The number of likely N-dealkylation sites (N-methyl/N-ethyl adjacent to an activating group) is 1. The first-order chi connectivity index (χ1) is 8.67. The number of hydrogen-bond donors (Lipinski definition) is 1. The largest absolute Gasteiger partial charge is 0.468 e. The molecule has 0 aliphatic rings. The summed E-state index contributed by atoms with van der Waals surface area (Å²) in [5.41, 5.74) is 0. The highest BCUT2D eigenvalue weighted by Crippen LogP contribution is 2.07. The normalized spacial score (nSPS) is 14.9. The van der Waals surface area contributed by atoms with Crippen molar-refractivity contribution < 1.29 is 4.42 Å². The molecular formula is C15H28N2O. The number of rotatable bonds is 9. The predicted octanol–water partition coefficient (Wildman–Crippen LogP) is 3.13. The minimum absolute atomic E-state index is 0.568. The van der Waals surface area contributed by atoms with Gasteiger partial charge in [0.25, 0.3) is 0 Å². The van der Waals surface area contributed by atoms with E-state index in [1.165, 1.54) is 13.0 Å². The van der Waals surface area contributed by atoms with Crippen LogP contribution in [0.1, 0.15) is 39.9 Å². The lowest BCUT2D eigenvalue weighted by atomic mass is 10.1. The molecule has 104 valence electrons. The van der Waals surface area contributed by atoms with E-state index in [0.717, 1.165) is 31.3 Å². The quantitative estimate of drug-likeness (QED) is 0.732. The Kier molecular flexibility index (Phi) is 7.06. The van der Waals surface area contributed by atoms with Crippen molar-refractivity contribution in [3.63, 3.8) is 0 Å². The maximum atomic E-state index is 5.31. The molecule has 0 saturated heterocycles. The van der Waals surface area contributed by atoms with Gasteiger partial charge < -0.3 is 9.73 Å². The summed E-state index contributed by atoms with van der Waals surface area (Å²) in [6.45, 7) is 13.3. The number of hydrogen-bond acceptors (Lipinski definition) is 3. The third kappa shape index (κ3) is 5.23. The van der Waals surface area contributed by atoms with Crippen LogP contribution < -0.4 is 5.32 Å². The van der Waals surface area contributed by atoms with E-state index in [4.69, 9.17) is 4.42 Å². The van der Waals surface area contributed by atoms with Crippen LogP contribution >= 0.6 is 0 Å². The zero-order valence-corrected chi connectivity index (χ0v) is 12.3. The fourth-order valence-corrected chi connectivity index (χ4v) is 2.10. The van der Waals surface area contributed by atoms with Crippen LogP contribution in [0.3, 0.4) is 0 Å². The van der Waals surface area contributed by atoms with Crippen LogP contribution in [-0.4, -0.2) is 30.6 Å². The van der Waals surface area contributed by atoms with E-state index in [9.17, 15) is 0 Å². The molecule has 1 N–H and O–H groups in total. The number of furan rings is 1. The van der Waals surface area contributed by atoms with Crippen molar-refractivity contribution in [2.24, 2.45) is 5.92 Å². The van der Waals surface area contributed by atoms with Crippen LogP contribution in [-0.2, 0) is 6.54 Å². The molecular weight excluding hydrogens is 224 g/mol. The second-order valence-corrected chi connectivity index (χ2v) is 5.16. The average molecular weight is 252 g/mol.